The van der Waals surface area contributed by atoms with Crippen LogP contribution in [0.2, 0.25) is 0 Å². The van der Waals surface area contributed by atoms with Gasteiger partial charge in [-0.1, -0.05) is 17.3 Å². The number of nitrogens with zero attached hydrogens (tertiary/aromatic N) is 3. The predicted molar refractivity (Wildman–Crippen MR) is 117 cm³/mol. The summed E-state index contributed by atoms with van der Waals surface area (Å²) in [5.74, 6) is 1.23. The fraction of sp³-hybridized carbons (Fsp3) is 0.478. The standard InChI is InChI=1S/C23H27N3O8/c1-12-8-15-19(17(9-12)33-34-22-21(29)20(28)18(11-27)32-23(22)30)26(25-24-15)6-4-13-2-3-16-14(10-13)5-7-31-16/h2-3,8-10,18,20-23,27-30H,4-7,11H2,1H3/t18-,20-,21+,22-,23?/m1/s1. The first-order chi connectivity index (χ1) is 16.4. The van der Waals surface area contributed by atoms with E-state index in [0.29, 0.717) is 36.4 Å². The van der Waals surface area contributed by atoms with Crippen LogP contribution in [-0.2, 0) is 29.0 Å². The number of hydrogen-bond donors (Lipinski definition) is 4. The number of aliphatic hydroxyl groups is 4. The molecule has 0 radical (unpaired) electrons. The predicted octanol–water partition coefficient (Wildman–Crippen LogP) is 0.0276. The molecule has 3 aromatic rings. The van der Waals surface area contributed by atoms with Crippen molar-refractivity contribution in [2.75, 3.05) is 13.2 Å². The minimum absolute atomic E-state index is 0.292. The van der Waals surface area contributed by atoms with Crippen LogP contribution in [0.3, 0.4) is 0 Å². The highest BCUT2D eigenvalue weighted by molar-refractivity contribution is 5.82. The van der Waals surface area contributed by atoms with Crippen LogP contribution in [0.25, 0.3) is 11.0 Å². The van der Waals surface area contributed by atoms with Gasteiger partial charge in [-0.25, -0.2) is 4.68 Å². The first-order valence-electron chi connectivity index (χ1n) is 11.2. The summed E-state index contributed by atoms with van der Waals surface area (Å²) in [6, 6.07) is 9.75. The number of hydrogen-bond acceptors (Lipinski definition) is 10. The van der Waals surface area contributed by atoms with Crippen molar-refractivity contribution in [3.63, 3.8) is 0 Å². The molecule has 0 spiro atoms. The van der Waals surface area contributed by atoms with Gasteiger partial charge in [0.2, 0.25) is 0 Å². The van der Waals surface area contributed by atoms with Crippen LogP contribution in [-0.4, -0.2) is 79.3 Å². The molecule has 4 N–H and O–H groups in total. The van der Waals surface area contributed by atoms with Crippen molar-refractivity contribution in [2.24, 2.45) is 0 Å². The summed E-state index contributed by atoms with van der Waals surface area (Å²) in [6.45, 7) is 2.54. The Morgan fingerprint density at radius 3 is 2.82 bits per heavy atom. The Morgan fingerprint density at radius 2 is 2.00 bits per heavy atom. The van der Waals surface area contributed by atoms with Crippen molar-refractivity contribution in [1.29, 1.82) is 0 Å². The van der Waals surface area contributed by atoms with Gasteiger partial charge < -0.3 is 34.8 Å². The van der Waals surface area contributed by atoms with E-state index in [4.69, 9.17) is 19.2 Å². The summed E-state index contributed by atoms with van der Waals surface area (Å²) in [5, 5.41) is 48.2. The normalized spacial score (nSPS) is 26.4. The third kappa shape index (κ3) is 4.33. The molecule has 2 aliphatic heterocycles. The molecule has 1 saturated heterocycles. The van der Waals surface area contributed by atoms with E-state index in [1.807, 2.05) is 25.1 Å². The summed E-state index contributed by atoms with van der Waals surface area (Å²) in [6.07, 6.45) is -5.51. The Labute approximate surface area is 195 Å². The van der Waals surface area contributed by atoms with Crippen molar-refractivity contribution in [3.05, 3.63) is 47.0 Å². The Kier molecular flexibility index (Phi) is 6.38. The highest BCUT2D eigenvalue weighted by Gasteiger charge is 2.45. The smallest absolute Gasteiger partial charge is 0.193 e. The molecule has 0 bridgehead atoms. The largest absolute Gasteiger partial charge is 0.493 e. The molecule has 5 rings (SSSR count). The maximum Gasteiger partial charge on any atom is 0.193 e. The Bertz CT molecular complexity index is 1170. The van der Waals surface area contributed by atoms with E-state index >= 15 is 0 Å². The number of aryl methyl sites for hydroxylation is 3. The lowest BCUT2D eigenvalue weighted by Crippen LogP contribution is -2.59. The quantitative estimate of drug-likeness (QED) is 0.273. The number of rotatable bonds is 7. The Balaban J connectivity index is 1.34. The second kappa shape index (κ2) is 9.45. The zero-order valence-electron chi connectivity index (χ0n) is 18.6. The molecule has 1 unspecified atom stereocenters. The van der Waals surface area contributed by atoms with E-state index in [2.05, 4.69) is 16.4 Å². The lowest BCUT2D eigenvalue weighted by Gasteiger charge is -2.38. The van der Waals surface area contributed by atoms with E-state index < -0.39 is 37.3 Å². The second-order valence-corrected chi connectivity index (χ2v) is 8.61. The molecule has 11 heteroatoms. The molecular weight excluding hydrogens is 446 g/mol. The van der Waals surface area contributed by atoms with E-state index in [1.54, 1.807) is 10.7 Å². The minimum Gasteiger partial charge on any atom is -0.493 e. The molecule has 3 heterocycles. The molecule has 0 aliphatic carbocycles. The van der Waals surface area contributed by atoms with Crippen molar-refractivity contribution in [3.8, 4) is 11.5 Å². The molecule has 34 heavy (non-hydrogen) atoms. The molecular formula is C23H27N3O8. The second-order valence-electron chi connectivity index (χ2n) is 8.61. The summed E-state index contributed by atoms with van der Waals surface area (Å²) in [5.41, 5.74) is 4.38. The molecule has 1 fully saturated rings. The highest BCUT2D eigenvalue weighted by atomic mass is 17.2. The first kappa shape index (κ1) is 23.0. The van der Waals surface area contributed by atoms with Gasteiger partial charge in [0.1, 0.15) is 35.1 Å². The Hall–Kier alpha value is -2.80. The van der Waals surface area contributed by atoms with E-state index in [0.717, 1.165) is 23.3 Å². The summed E-state index contributed by atoms with van der Waals surface area (Å²) in [4.78, 5) is 10.8. The first-order valence-corrected chi connectivity index (χ1v) is 11.2. The molecule has 2 aromatic carbocycles. The molecule has 0 saturated carbocycles. The molecule has 1 aromatic heterocycles. The van der Waals surface area contributed by atoms with Gasteiger partial charge >= 0.3 is 0 Å². The van der Waals surface area contributed by atoms with Gasteiger partial charge in [0.25, 0.3) is 0 Å². The average molecular weight is 473 g/mol. The molecule has 182 valence electrons. The van der Waals surface area contributed by atoms with E-state index in [9.17, 15) is 20.4 Å². The van der Waals surface area contributed by atoms with E-state index in [1.165, 1.54) is 5.56 Å². The van der Waals surface area contributed by atoms with Crippen LogP contribution in [0, 0.1) is 6.92 Å². The maximum absolute atomic E-state index is 10.3. The van der Waals surface area contributed by atoms with Gasteiger partial charge in [-0.3, -0.25) is 0 Å². The zero-order chi connectivity index (χ0) is 23.8. The van der Waals surface area contributed by atoms with Crippen molar-refractivity contribution in [2.45, 2.75) is 57.0 Å². The van der Waals surface area contributed by atoms with Crippen LogP contribution < -0.4 is 9.62 Å². The third-order valence-corrected chi connectivity index (χ3v) is 6.18. The number of benzene rings is 2. The molecule has 11 nitrogen and oxygen atoms in total. The Morgan fingerprint density at radius 1 is 1.15 bits per heavy atom. The highest BCUT2D eigenvalue weighted by Crippen LogP contribution is 2.30. The van der Waals surface area contributed by atoms with Crippen LogP contribution in [0.5, 0.6) is 11.5 Å². The summed E-state index contributed by atoms with van der Waals surface area (Å²) < 4.78 is 12.4. The van der Waals surface area contributed by atoms with Crippen molar-refractivity contribution < 1.29 is 39.7 Å². The number of fused-ring (bicyclic) bond motifs is 2. The van der Waals surface area contributed by atoms with Crippen LogP contribution >= 0.6 is 0 Å². The van der Waals surface area contributed by atoms with Gasteiger partial charge in [-0.2, -0.15) is 4.89 Å². The molecule has 0 amide bonds. The number of aromatic nitrogens is 3. The SMILES string of the molecule is Cc1cc(OO[C@H]2C(O)O[C@H](CO)[C@@H](O)[C@@H]2O)c2c(c1)nnn2CCc1ccc2c(c1)CCO2. The third-order valence-electron chi connectivity index (χ3n) is 6.18. The lowest BCUT2D eigenvalue weighted by atomic mass is 9.99. The molecule has 2 aliphatic rings. The van der Waals surface area contributed by atoms with Crippen LogP contribution in [0.4, 0.5) is 0 Å². The van der Waals surface area contributed by atoms with Gasteiger partial charge in [-0.05, 0) is 48.2 Å². The minimum atomic E-state index is -1.61. The van der Waals surface area contributed by atoms with Gasteiger partial charge in [-0.15, -0.1) is 5.10 Å². The van der Waals surface area contributed by atoms with Gasteiger partial charge in [0.15, 0.2) is 18.1 Å². The average Bonchev–Trinajstić information content (AvgIpc) is 3.46. The van der Waals surface area contributed by atoms with E-state index in [-0.39, 0.29) is 0 Å². The maximum atomic E-state index is 10.3. The lowest BCUT2D eigenvalue weighted by molar-refractivity contribution is -0.364. The van der Waals surface area contributed by atoms with Crippen molar-refractivity contribution >= 4 is 11.0 Å². The topological polar surface area (TPSA) is 149 Å². The van der Waals surface area contributed by atoms with Gasteiger partial charge in [0.05, 0.1) is 13.2 Å². The zero-order valence-corrected chi connectivity index (χ0v) is 18.6. The van der Waals surface area contributed by atoms with Crippen molar-refractivity contribution in [1.82, 2.24) is 15.0 Å². The summed E-state index contributed by atoms with van der Waals surface area (Å²) >= 11 is 0. The number of ether oxygens (including phenoxy) is 2. The van der Waals surface area contributed by atoms with Gasteiger partial charge in [0, 0.05) is 13.0 Å². The van der Waals surface area contributed by atoms with Crippen LogP contribution in [0.1, 0.15) is 16.7 Å². The monoisotopic (exact) mass is 473 g/mol. The number of aliphatic hydroxyl groups excluding tert-OH is 4. The molecule has 5 atom stereocenters. The fourth-order valence-corrected chi connectivity index (χ4v) is 4.34. The fourth-order valence-electron chi connectivity index (χ4n) is 4.34. The summed E-state index contributed by atoms with van der Waals surface area (Å²) in [7, 11) is 0. The van der Waals surface area contributed by atoms with Crippen LogP contribution in [0.15, 0.2) is 30.3 Å².